The van der Waals surface area contributed by atoms with Gasteiger partial charge in [-0.2, -0.15) is 5.26 Å². The molecule has 7 heteroatoms. The Morgan fingerprint density at radius 3 is 2.76 bits per heavy atom. The van der Waals surface area contributed by atoms with Gasteiger partial charge in [0, 0.05) is 11.3 Å². The lowest BCUT2D eigenvalue weighted by molar-refractivity contribution is -0.885. The Morgan fingerprint density at radius 2 is 2.10 bits per heavy atom. The normalized spacial score (nSPS) is 11.8. The van der Waals surface area contributed by atoms with Crippen molar-refractivity contribution in [3.8, 4) is 6.07 Å². The summed E-state index contributed by atoms with van der Waals surface area (Å²) in [5.41, 5.74) is 3.00. The van der Waals surface area contributed by atoms with Crippen molar-refractivity contribution in [1.82, 2.24) is 4.57 Å². The van der Waals surface area contributed by atoms with Gasteiger partial charge in [-0.3, -0.25) is 4.79 Å². The molecule has 3 rings (SSSR count). The molecule has 0 aliphatic heterocycles. The highest BCUT2D eigenvalue weighted by atomic mass is 19.1. The molecule has 29 heavy (non-hydrogen) atoms. The maximum atomic E-state index is 13.4. The van der Waals surface area contributed by atoms with Gasteiger partial charge in [-0.1, -0.05) is 12.1 Å². The third kappa shape index (κ3) is 4.73. The summed E-state index contributed by atoms with van der Waals surface area (Å²) in [5, 5.41) is 12.5. The first-order valence-corrected chi connectivity index (χ1v) is 9.36. The van der Waals surface area contributed by atoms with Gasteiger partial charge in [-0.25, -0.2) is 4.39 Å². The summed E-state index contributed by atoms with van der Waals surface area (Å²) in [4.78, 5) is 13.6. The molecule has 1 amide bonds. The quantitative estimate of drug-likeness (QED) is 0.645. The number of carbonyl (C=O) groups excluding carboxylic acids is 1. The van der Waals surface area contributed by atoms with E-state index in [-0.39, 0.29) is 18.3 Å². The minimum absolute atomic E-state index is 0.186. The summed E-state index contributed by atoms with van der Waals surface area (Å²) in [6, 6.07) is 12.2. The van der Waals surface area contributed by atoms with Crippen LogP contribution < -0.4 is 10.2 Å². The Labute approximate surface area is 169 Å². The van der Waals surface area contributed by atoms with Crippen molar-refractivity contribution >= 4 is 11.7 Å². The highest BCUT2D eigenvalue weighted by Crippen LogP contribution is 2.27. The number of rotatable bonds is 7. The molecule has 3 aromatic rings. The van der Waals surface area contributed by atoms with Crippen LogP contribution in [0.25, 0.3) is 0 Å². The molecule has 1 aromatic carbocycles. The van der Waals surface area contributed by atoms with E-state index in [4.69, 9.17) is 4.42 Å². The largest absolute Gasteiger partial charge is 0.467 e. The zero-order valence-corrected chi connectivity index (χ0v) is 16.8. The Hall–Kier alpha value is -3.37. The zero-order chi connectivity index (χ0) is 21.0. The van der Waals surface area contributed by atoms with E-state index in [0.29, 0.717) is 24.5 Å². The van der Waals surface area contributed by atoms with Crippen LogP contribution in [0.1, 0.15) is 28.1 Å². The Morgan fingerprint density at radius 1 is 1.31 bits per heavy atom. The molecule has 2 aromatic heterocycles. The summed E-state index contributed by atoms with van der Waals surface area (Å²) < 4.78 is 20.7. The van der Waals surface area contributed by atoms with E-state index in [2.05, 4.69) is 11.4 Å². The lowest BCUT2D eigenvalue weighted by Crippen LogP contribution is -3.08. The number of quaternary nitrogens is 1. The van der Waals surface area contributed by atoms with Gasteiger partial charge in [-0.05, 0) is 43.7 Å². The molecular formula is C22H24FN4O2+. The van der Waals surface area contributed by atoms with Crippen molar-refractivity contribution in [3.63, 3.8) is 0 Å². The number of likely N-dealkylation sites (N-methyl/N-ethyl adjacent to an activating group) is 1. The third-order valence-corrected chi connectivity index (χ3v) is 4.95. The summed E-state index contributed by atoms with van der Waals surface area (Å²) in [5.74, 6) is 0.702. The van der Waals surface area contributed by atoms with Gasteiger partial charge in [0.15, 0.2) is 6.54 Å². The highest BCUT2D eigenvalue weighted by molar-refractivity contribution is 5.92. The molecule has 0 aliphatic rings. The SMILES string of the molecule is Cc1c(C#N)c(NC(=O)C[NH+](C)Cc2cccc(F)c2)n(Cc2ccco2)c1C. The average Bonchev–Trinajstić information content (AvgIpc) is 3.25. The fourth-order valence-electron chi connectivity index (χ4n) is 3.39. The van der Waals surface area contributed by atoms with Gasteiger partial charge < -0.3 is 19.2 Å². The number of nitriles is 1. The molecule has 0 fully saturated rings. The molecule has 1 unspecified atom stereocenters. The lowest BCUT2D eigenvalue weighted by Gasteiger charge is -2.15. The van der Waals surface area contributed by atoms with E-state index in [1.807, 2.05) is 37.6 Å². The van der Waals surface area contributed by atoms with Crippen LogP contribution in [0.2, 0.25) is 0 Å². The number of nitrogens with one attached hydrogen (secondary N) is 2. The van der Waals surface area contributed by atoms with Crippen LogP contribution in [0.5, 0.6) is 0 Å². The number of hydrogen-bond acceptors (Lipinski definition) is 3. The molecule has 2 heterocycles. The molecule has 2 N–H and O–H groups in total. The number of benzene rings is 1. The second-order valence-electron chi connectivity index (χ2n) is 7.20. The molecule has 0 aliphatic carbocycles. The second kappa shape index (κ2) is 8.76. The number of aromatic nitrogens is 1. The summed E-state index contributed by atoms with van der Waals surface area (Å²) in [7, 11) is 1.87. The number of amides is 1. The van der Waals surface area contributed by atoms with E-state index in [9.17, 15) is 14.4 Å². The van der Waals surface area contributed by atoms with Gasteiger partial charge in [0.2, 0.25) is 0 Å². The van der Waals surface area contributed by atoms with Crippen molar-refractivity contribution in [2.75, 3.05) is 18.9 Å². The standard InChI is InChI=1S/C22H23FN4O2/c1-15-16(2)27(13-19-8-5-9-29-19)22(20(15)11-24)25-21(28)14-26(3)12-17-6-4-7-18(23)10-17/h4-10H,12-14H2,1-3H3,(H,25,28)/p+1. The van der Waals surface area contributed by atoms with Crippen LogP contribution in [-0.2, 0) is 17.9 Å². The molecule has 1 atom stereocenters. The van der Waals surface area contributed by atoms with Crippen LogP contribution in [0.15, 0.2) is 47.1 Å². The van der Waals surface area contributed by atoms with Gasteiger partial charge in [-0.15, -0.1) is 0 Å². The van der Waals surface area contributed by atoms with Crippen LogP contribution in [0.3, 0.4) is 0 Å². The first-order valence-electron chi connectivity index (χ1n) is 9.36. The van der Waals surface area contributed by atoms with Crippen molar-refractivity contribution in [3.05, 3.63) is 76.6 Å². The number of hydrogen-bond donors (Lipinski definition) is 2. The molecule has 0 saturated carbocycles. The van der Waals surface area contributed by atoms with Gasteiger partial charge in [0.25, 0.3) is 5.91 Å². The van der Waals surface area contributed by atoms with Crippen LogP contribution in [0, 0.1) is 31.0 Å². The topological polar surface area (TPSA) is 75.4 Å². The van der Waals surface area contributed by atoms with Crippen LogP contribution in [0.4, 0.5) is 10.2 Å². The molecule has 0 radical (unpaired) electrons. The Kier molecular flexibility index (Phi) is 6.15. The van der Waals surface area contributed by atoms with Gasteiger partial charge >= 0.3 is 0 Å². The lowest BCUT2D eigenvalue weighted by atomic mass is 10.2. The molecular weight excluding hydrogens is 371 g/mol. The van der Waals surface area contributed by atoms with E-state index in [1.165, 1.54) is 12.1 Å². The predicted octanol–water partition coefficient (Wildman–Crippen LogP) is 2.41. The maximum Gasteiger partial charge on any atom is 0.280 e. The zero-order valence-electron chi connectivity index (χ0n) is 16.8. The van der Waals surface area contributed by atoms with E-state index in [0.717, 1.165) is 27.5 Å². The number of furan rings is 1. The van der Waals surface area contributed by atoms with Crippen molar-refractivity contribution < 1.29 is 18.5 Å². The minimum atomic E-state index is -0.292. The number of nitrogens with zero attached hydrogens (tertiary/aromatic N) is 2. The maximum absolute atomic E-state index is 13.4. The first-order chi connectivity index (χ1) is 13.9. The van der Waals surface area contributed by atoms with E-state index >= 15 is 0 Å². The number of carbonyl (C=O) groups is 1. The smallest absolute Gasteiger partial charge is 0.280 e. The third-order valence-electron chi connectivity index (χ3n) is 4.95. The van der Waals surface area contributed by atoms with E-state index < -0.39 is 0 Å². The molecule has 0 saturated heterocycles. The van der Waals surface area contributed by atoms with E-state index in [1.54, 1.807) is 18.4 Å². The number of halogens is 1. The Bertz CT molecular complexity index is 1050. The second-order valence-corrected chi connectivity index (χ2v) is 7.20. The van der Waals surface area contributed by atoms with Crippen LogP contribution in [-0.4, -0.2) is 24.1 Å². The minimum Gasteiger partial charge on any atom is -0.467 e. The molecule has 0 spiro atoms. The summed E-state index contributed by atoms with van der Waals surface area (Å²) >= 11 is 0. The van der Waals surface area contributed by atoms with Crippen LogP contribution >= 0.6 is 0 Å². The van der Waals surface area contributed by atoms with Crippen molar-refractivity contribution in [2.45, 2.75) is 26.9 Å². The fourth-order valence-corrected chi connectivity index (χ4v) is 3.39. The highest BCUT2D eigenvalue weighted by Gasteiger charge is 2.21. The van der Waals surface area contributed by atoms with Crippen molar-refractivity contribution in [2.24, 2.45) is 0 Å². The first kappa shape index (κ1) is 20.4. The molecule has 6 nitrogen and oxygen atoms in total. The summed E-state index contributed by atoms with van der Waals surface area (Å²) in [6.07, 6.45) is 1.59. The average molecular weight is 395 g/mol. The monoisotopic (exact) mass is 395 g/mol. The molecule has 0 bridgehead atoms. The Balaban J connectivity index is 1.75. The molecule has 150 valence electrons. The predicted molar refractivity (Wildman–Crippen MR) is 107 cm³/mol. The van der Waals surface area contributed by atoms with Gasteiger partial charge in [0.1, 0.15) is 30.0 Å². The summed E-state index contributed by atoms with van der Waals surface area (Å²) in [6.45, 7) is 4.90. The van der Waals surface area contributed by atoms with Crippen molar-refractivity contribution in [1.29, 1.82) is 5.26 Å². The number of anilines is 1. The van der Waals surface area contributed by atoms with Gasteiger partial charge in [0.05, 0.1) is 25.4 Å². The fraction of sp³-hybridized carbons (Fsp3) is 0.273.